The summed E-state index contributed by atoms with van der Waals surface area (Å²) in [7, 11) is 1.74. The molecule has 1 aliphatic rings. The van der Waals surface area contributed by atoms with Gasteiger partial charge in [0.2, 0.25) is 0 Å². The third-order valence-electron chi connectivity index (χ3n) is 3.17. The second-order valence-electron chi connectivity index (χ2n) is 4.27. The van der Waals surface area contributed by atoms with Gasteiger partial charge in [0.15, 0.2) is 0 Å². The number of aliphatic hydroxyl groups is 1. The molecule has 0 aromatic rings. The summed E-state index contributed by atoms with van der Waals surface area (Å²) in [6.07, 6.45) is 5.05. The highest BCUT2D eigenvalue weighted by Gasteiger charge is 2.36. The molecule has 1 rings (SSSR count). The van der Waals surface area contributed by atoms with Crippen molar-refractivity contribution < 1.29 is 14.6 Å². The number of hydrogen-bond acceptors (Lipinski definition) is 4. The van der Waals surface area contributed by atoms with Gasteiger partial charge in [-0.1, -0.05) is 0 Å². The van der Waals surface area contributed by atoms with Crippen molar-refractivity contribution in [1.29, 1.82) is 0 Å². The molecule has 4 heteroatoms. The second kappa shape index (κ2) is 6.43. The highest BCUT2D eigenvalue weighted by Crippen LogP contribution is 2.32. The molecule has 90 valence electrons. The molecule has 0 heterocycles. The average molecular weight is 217 g/mol. The molecule has 2 atom stereocenters. The zero-order chi connectivity index (χ0) is 11.1. The van der Waals surface area contributed by atoms with Crippen LogP contribution < -0.4 is 5.73 Å². The highest BCUT2D eigenvalue weighted by molar-refractivity contribution is 4.89. The van der Waals surface area contributed by atoms with Crippen molar-refractivity contribution in [3.8, 4) is 0 Å². The third kappa shape index (κ3) is 3.72. The summed E-state index contributed by atoms with van der Waals surface area (Å²) >= 11 is 0. The maximum absolute atomic E-state index is 8.71. The number of nitrogens with two attached hydrogens (primary N) is 1. The molecule has 0 aliphatic heterocycles. The number of rotatable bonds is 6. The molecular weight excluding hydrogens is 194 g/mol. The lowest BCUT2D eigenvalue weighted by molar-refractivity contribution is -0.102. The van der Waals surface area contributed by atoms with Crippen LogP contribution in [0.1, 0.15) is 32.1 Å². The minimum atomic E-state index is -0.214. The van der Waals surface area contributed by atoms with Crippen LogP contribution in [-0.2, 0) is 9.47 Å². The lowest BCUT2D eigenvalue weighted by Gasteiger charge is -2.39. The first-order valence-corrected chi connectivity index (χ1v) is 5.74. The molecular formula is C11H23NO3. The van der Waals surface area contributed by atoms with Gasteiger partial charge in [-0.25, -0.2) is 0 Å². The predicted octanol–water partition coefficient (Wildman–Crippen LogP) is 0.672. The minimum Gasteiger partial charge on any atom is -0.396 e. The Morgan fingerprint density at radius 1 is 1.53 bits per heavy atom. The van der Waals surface area contributed by atoms with E-state index in [0.29, 0.717) is 19.6 Å². The van der Waals surface area contributed by atoms with Crippen molar-refractivity contribution in [1.82, 2.24) is 0 Å². The van der Waals surface area contributed by atoms with Crippen LogP contribution in [0.2, 0.25) is 0 Å². The van der Waals surface area contributed by atoms with Crippen LogP contribution in [0.5, 0.6) is 0 Å². The van der Waals surface area contributed by atoms with Crippen LogP contribution in [0.25, 0.3) is 0 Å². The largest absolute Gasteiger partial charge is 0.396 e. The van der Waals surface area contributed by atoms with E-state index in [1.807, 2.05) is 0 Å². The molecule has 15 heavy (non-hydrogen) atoms. The normalized spacial score (nSPS) is 31.8. The minimum absolute atomic E-state index is 0.175. The van der Waals surface area contributed by atoms with E-state index in [4.69, 9.17) is 20.3 Å². The SMILES string of the molecule is COC1CCCC(CN)(OCCCO)C1. The summed E-state index contributed by atoms with van der Waals surface area (Å²) < 4.78 is 11.2. The van der Waals surface area contributed by atoms with E-state index < -0.39 is 0 Å². The standard InChI is InChI=1S/C11H23NO3/c1-14-10-4-2-5-11(8-10,9-12)15-7-3-6-13/h10,13H,2-9,12H2,1H3. The van der Waals surface area contributed by atoms with Crippen LogP contribution in [0.3, 0.4) is 0 Å². The van der Waals surface area contributed by atoms with E-state index in [1.165, 1.54) is 0 Å². The molecule has 0 spiro atoms. The van der Waals surface area contributed by atoms with E-state index in [0.717, 1.165) is 25.7 Å². The van der Waals surface area contributed by atoms with Crippen LogP contribution in [-0.4, -0.2) is 43.7 Å². The van der Waals surface area contributed by atoms with Crippen molar-refractivity contribution in [3.63, 3.8) is 0 Å². The smallest absolute Gasteiger partial charge is 0.0828 e. The first-order chi connectivity index (χ1) is 7.26. The van der Waals surface area contributed by atoms with Crippen molar-refractivity contribution in [2.75, 3.05) is 26.9 Å². The van der Waals surface area contributed by atoms with Crippen molar-refractivity contribution >= 4 is 0 Å². The fourth-order valence-corrected chi connectivity index (χ4v) is 2.20. The molecule has 0 aromatic heterocycles. The zero-order valence-electron chi connectivity index (χ0n) is 9.58. The summed E-state index contributed by atoms with van der Waals surface area (Å²) in [4.78, 5) is 0. The van der Waals surface area contributed by atoms with E-state index in [9.17, 15) is 0 Å². The van der Waals surface area contributed by atoms with Gasteiger partial charge < -0.3 is 20.3 Å². The molecule has 1 aliphatic carbocycles. The zero-order valence-corrected chi connectivity index (χ0v) is 9.58. The Hall–Kier alpha value is -0.160. The van der Waals surface area contributed by atoms with E-state index in [1.54, 1.807) is 7.11 Å². The van der Waals surface area contributed by atoms with Gasteiger partial charge >= 0.3 is 0 Å². The number of hydrogen-bond donors (Lipinski definition) is 2. The van der Waals surface area contributed by atoms with Gasteiger partial charge in [-0.3, -0.25) is 0 Å². The predicted molar refractivity (Wildman–Crippen MR) is 58.7 cm³/mol. The summed E-state index contributed by atoms with van der Waals surface area (Å²) in [6, 6.07) is 0. The third-order valence-corrected chi connectivity index (χ3v) is 3.17. The van der Waals surface area contributed by atoms with Crippen LogP contribution in [0.4, 0.5) is 0 Å². The van der Waals surface area contributed by atoms with Gasteiger partial charge in [0.25, 0.3) is 0 Å². The molecule has 0 bridgehead atoms. The average Bonchev–Trinajstić information content (AvgIpc) is 2.30. The van der Waals surface area contributed by atoms with Crippen LogP contribution >= 0.6 is 0 Å². The Labute approximate surface area is 91.7 Å². The summed E-state index contributed by atoms with van der Waals surface area (Å²) in [5.74, 6) is 0. The van der Waals surface area contributed by atoms with E-state index in [-0.39, 0.29) is 18.3 Å². The number of ether oxygens (including phenoxy) is 2. The van der Waals surface area contributed by atoms with Gasteiger partial charge in [0.1, 0.15) is 0 Å². The molecule has 1 fully saturated rings. The summed E-state index contributed by atoms with van der Waals surface area (Å²) in [6.45, 7) is 1.30. The number of methoxy groups -OCH3 is 1. The Morgan fingerprint density at radius 2 is 2.33 bits per heavy atom. The molecule has 0 saturated heterocycles. The topological polar surface area (TPSA) is 64.7 Å². The first-order valence-electron chi connectivity index (χ1n) is 5.74. The highest BCUT2D eigenvalue weighted by atomic mass is 16.5. The van der Waals surface area contributed by atoms with Crippen molar-refractivity contribution in [3.05, 3.63) is 0 Å². The maximum Gasteiger partial charge on any atom is 0.0828 e. The second-order valence-corrected chi connectivity index (χ2v) is 4.27. The first kappa shape index (κ1) is 12.9. The van der Waals surface area contributed by atoms with Gasteiger partial charge in [0.05, 0.1) is 11.7 Å². The Morgan fingerprint density at radius 3 is 2.93 bits per heavy atom. The van der Waals surface area contributed by atoms with E-state index in [2.05, 4.69) is 0 Å². The van der Waals surface area contributed by atoms with Gasteiger partial charge in [-0.15, -0.1) is 0 Å². The Balaban J connectivity index is 2.43. The van der Waals surface area contributed by atoms with Gasteiger partial charge in [-0.2, -0.15) is 0 Å². The molecule has 2 unspecified atom stereocenters. The maximum atomic E-state index is 8.71. The monoisotopic (exact) mass is 217 g/mol. The number of aliphatic hydroxyl groups excluding tert-OH is 1. The summed E-state index contributed by atoms with van der Waals surface area (Å²) in [5, 5.41) is 8.71. The fraction of sp³-hybridized carbons (Fsp3) is 1.00. The molecule has 3 N–H and O–H groups in total. The molecule has 0 amide bonds. The van der Waals surface area contributed by atoms with E-state index >= 15 is 0 Å². The van der Waals surface area contributed by atoms with Gasteiger partial charge in [0, 0.05) is 33.3 Å². The van der Waals surface area contributed by atoms with Crippen LogP contribution in [0.15, 0.2) is 0 Å². The molecule has 0 aromatic carbocycles. The molecule has 0 radical (unpaired) electrons. The summed E-state index contributed by atoms with van der Waals surface area (Å²) in [5.41, 5.74) is 5.58. The molecule has 1 saturated carbocycles. The lowest BCUT2D eigenvalue weighted by atomic mass is 9.83. The van der Waals surface area contributed by atoms with Crippen LogP contribution in [0, 0.1) is 0 Å². The Kier molecular flexibility index (Phi) is 5.53. The lowest BCUT2D eigenvalue weighted by Crippen LogP contribution is -2.47. The van der Waals surface area contributed by atoms with Crippen molar-refractivity contribution in [2.24, 2.45) is 5.73 Å². The molecule has 4 nitrogen and oxygen atoms in total. The van der Waals surface area contributed by atoms with Crippen molar-refractivity contribution in [2.45, 2.75) is 43.8 Å². The quantitative estimate of drug-likeness (QED) is 0.642. The Bertz CT molecular complexity index is 177. The van der Waals surface area contributed by atoms with Gasteiger partial charge in [-0.05, 0) is 25.7 Å². The fourth-order valence-electron chi connectivity index (χ4n) is 2.20.